The average Bonchev–Trinajstić information content (AvgIpc) is 1.86. The van der Waals surface area contributed by atoms with E-state index in [4.69, 9.17) is 0 Å². The third kappa shape index (κ3) is 2.03. The van der Waals surface area contributed by atoms with Crippen LogP contribution in [0.25, 0.3) is 0 Å². The highest BCUT2D eigenvalue weighted by molar-refractivity contribution is 6.33. The number of halogens is 3. The van der Waals surface area contributed by atoms with Crippen LogP contribution in [0.2, 0.25) is 0 Å². The first-order valence-electron chi connectivity index (χ1n) is 3.15. The summed E-state index contributed by atoms with van der Waals surface area (Å²) in [6.07, 6.45) is -3.56. The van der Waals surface area contributed by atoms with Crippen LogP contribution in [-0.2, 0) is 0 Å². The van der Waals surface area contributed by atoms with E-state index in [1.165, 1.54) is 0 Å². The summed E-state index contributed by atoms with van der Waals surface area (Å²) in [6, 6.07) is -0.124. The second-order valence-electron chi connectivity index (χ2n) is 2.35. The zero-order valence-corrected chi connectivity index (χ0v) is 5.89. The van der Waals surface area contributed by atoms with Crippen molar-refractivity contribution in [3.8, 4) is 0 Å². The Morgan fingerprint density at radius 1 is 1.55 bits per heavy atom. The highest BCUT2D eigenvalue weighted by Crippen LogP contribution is 2.18. The summed E-state index contributed by atoms with van der Waals surface area (Å²) in [6.45, 7) is 1.85. The van der Waals surface area contributed by atoms with E-state index in [1.807, 2.05) is 0 Å². The van der Waals surface area contributed by atoms with Gasteiger partial charge in [-0.05, 0) is 6.92 Å². The first kappa shape index (κ1) is 8.23. The van der Waals surface area contributed by atoms with E-state index < -0.39 is 11.9 Å². The van der Waals surface area contributed by atoms with Gasteiger partial charge in [-0.25, -0.2) is 0 Å². The van der Waals surface area contributed by atoms with Crippen molar-refractivity contribution in [1.82, 2.24) is 0 Å². The van der Waals surface area contributed by atoms with E-state index in [-0.39, 0.29) is 12.6 Å². The molecule has 1 atom stereocenters. The molecule has 11 heavy (non-hydrogen) atoms. The maximum atomic E-state index is 11.8. The van der Waals surface area contributed by atoms with Gasteiger partial charge in [-0.3, -0.25) is 9.98 Å². The van der Waals surface area contributed by atoms with Crippen LogP contribution in [0.15, 0.2) is 9.98 Å². The van der Waals surface area contributed by atoms with Crippen LogP contribution in [0, 0.1) is 0 Å². The fourth-order valence-corrected chi connectivity index (χ4v) is 0.679. The third-order valence-corrected chi connectivity index (χ3v) is 1.27. The van der Waals surface area contributed by atoms with Gasteiger partial charge < -0.3 is 0 Å². The molecule has 1 aliphatic heterocycles. The van der Waals surface area contributed by atoms with Crippen LogP contribution >= 0.6 is 0 Å². The quantitative estimate of drug-likeness (QED) is 0.517. The van der Waals surface area contributed by atoms with Gasteiger partial charge in [0.05, 0.1) is 18.8 Å². The molecule has 0 saturated carbocycles. The van der Waals surface area contributed by atoms with E-state index in [2.05, 4.69) is 9.98 Å². The number of rotatable bonds is 0. The van der Waals surface area contributed by atoms with Gasteiger partial charge in [0.1, 0.15) is 0 Å². The molecular weight excluding hydrogens is 157 g/mol. The van der Waals surface area contributed by atoms with E-state index in [9.17, 15) is 13.2 Å². The Balaban J connectivity index is 2.71. The average molecular weight is 164 g/mol. The molecule has 0 fully saturated rings. The van der Waals surface area contributed by atoms with E-state index >= 15 is 0 Å². The topological polar surface area (TPSA) is 24.7 Å². The van der Waals surface area contributed by atoms with Gasteiger partial charge in [-0.2, -0.15) is 13.2 Å². The van der Waals surface area contributed by atoms with E-state index in [1.54, 1.807) is 6.92 Å². The molecule has 0 radical (unpaired) electrons. The van der Waals surface area contributed by atoms with Crippen LogP contribution in [-0.4, -0.2) is 30.7 Å². The molecule has 0 aromatic heterocycles. The molecule has 1 rings (SSSR count). The lowest BCUT2D eigenvalue weighted by Gasteiger charge is -2.12. The zero-order valence-electron chi connectivity index (χ0n) is 5.89. The van der Waals surface area contributed by atoms with Crippen molar-refractivity contribution in [2.75, 3.05) is 6.54 Å². The minimum atomic E-state index is -4.34. The lowest BCUT2D eigenvalue weighted by atomic mass is 10.3. The van der Waals surface area contributed by atoms with Crippen molar-refractivity contribution in [3.05, 3.63) is 0 Å². The van der Waals surface area contributed by atoms with Gasteiger partial charge in [-0.15, -0.1) is 0 Å². The summed E-state index contributed by atoms with van der Waals surface area (Å²) >= 11 is 0. The zero-order chi connectivity index (χ0) is 8.48. The number of aliphatic imine (C=N–C) groups is 2. The smallest absolute Gasteiger partial charge is 0.286 e. The Labute approximate surface area is 61.8 Å². The molecule has 0 N–H and O–H groups in total. The Hall–Kier alpha value is -0.870. The predicted molar refractivity (Wildman–Crippen MR) is 36.3 cm³/mol. The number of hydrogen-bond donors (Lipinski definition) is 0. The Morgan fingerprint density at radius 2 is 2.18 bits per heavy atom. The van der Waals surface area contributed by atoms with Gasteiger partial charge in [0.15, 0.2) is 5.71 Å². The van der Waals surface area contributed by atoms with Crippen LogP contribution < -0.4 is 0 Å². The van der Waals surface area contributed by atoms with Crippen LogP contribution in [0.3, 0.4) is 0 Å². The first-order valence-corrected chi connectivity index (χ1v) is 3.15. The van der Waals surface area contributed by atoms with Crippen molar-refractivity contribution in [1.29, 1.82) is 0 Å². The molecule has 62 valence electrons. The van der Waals surface area contributed by atoms with Gasteiger partial charge in [0.25, 0.3) is 0 Å². The van der Waals surface area contributed by atoms with Crippen molar-refractivity contribution in [3.63, 3.8) is 0 Å². The lowest BCUT2D eigenvalue weighted by Crippen LogP contribution is -2.28. The maximum Gasteiger partial charge on any atom is 0.434 e. The minimum absolute atomic E-state index is 0.124. The molecule has 1 heterocycles. The predicted octanol–water partition coefficient (Wildman–Crippen LogP) is 1.46. The standard InChI is InChI=1S/C6H7F3N2/c1-4-2-11-5(3-10-4)6(7,8)9/h3-4H,2H2,1H3. The summed E-state index contributed by atoms with van der Waals surface area (Å²) in [5, 5.41) is 0. The minimum Gasteiger partial charge on any atom is -0.286 e. The molecule has 0 aromatic carbocycles. The lowest BCUT2D eigenvalue weighted by molar-refractivity contribution is -0.0567. The largest absolute Gasteiger partial charge is 0.434 e. The maximum absolute atomic E-state index is 11.8. The van der Waals surface area contributed by atoms with E-state index in [0.717, 1.165) is 6.21 Å². The van der Waals surface area contributed by atoms with Gasteiger partial charge >= 0.3 is 6.18 Å². The van der Waals surface area contributed by atoms with Crippen molar-refractivity contribution in [2.45, 2.75) is 19.1 Å². The molecule has 0 amide bonds. The molecular formula is C6H7F3N2. The fourth-order valence-electron chi connectivity index (χ4n) is 0.679. The second kappa shape index (κ2) is 2.64. The van der Waals surface area contributed by atoms with Crippen molar-refractivity contribution < 1.29 is 13.2 Å². The van der Waals surface area contributed by atoms with Crippen molar-refractivity contribution in [2.24, 2.45) is 9.98 Å². The molecule has 1 unspecified atom stereocenters. The fraction of sp³-hybridized carbons (Fsp3) is 0.667. The van der Waals surface area contributed by atoms with Gasteiger partial charge in [0.2, 0.25) is 0 Å². The normalized spacial score (nSPS) is 25.1. The van der Waals surface area contributed by atoms with Crippen LogP contribution in [0.4, 0.5) is 13.2 Å². The molecule has 0 aromatic rings. The molecule has 0 saturated heterocycles. The van der Waals surface area contributed by atoms with Gasteiger partial charge in [0, 0.05) is 0 Å². The Bertz CT molecular complexity index is 204. The summed E-state index contributed by atoms with van der Waals surface area (Å²) in [7, 11) is 0. The summed E-state index contributed by atoms with van der Waals surface area (Å²) in [5.74, 6) is 0. The van der Waals surface area contributed by atoms with E-state index in [0.29, 0.717) is 0 Å². The first-order chi connectivity index (χ1) is 5.00. The number of alkyl halides is 3. The SMILES string of the molecule is CC1CN=C(C(F)(F)F)C=N1. The highest BCUT2D eigenvalue weighted by Gasteiger charge is 2.35. The van der Waals surface area contributed by atoms with Crippen molar-refractivity contribution >= 4 is 11.9 Å². The summed E-state index contributed by atoms with van der Waals surface area (Å²) in [5.41, 5.74) is -0.879. The Kier molecular flexibility index (Phi) is 1.97. The number of hydrogen-bond acceptors (Lipinski definition) is 2. The molecule has 0 bridgehead atoms. The van der Waals surface area contributed by atoms with Crippen LogP contribution in [0.5, 0.6) is 0 Å². The number of nitrogens with zero attached hydrogens (tertiary/aromatic N) is 2. The molecule has 0 aliphatic carbocycles. The molecule has 1 aliphatic rings. The third-order valence-electron chi connectivity index (χ3n) is 1.27. The summed E-state index contributed by atoms with van der Waals surface area (Å²) < 4.78 is 35.5. The second-order valence-corrected chi connectivity index (χ2v) is 2.35. The highest BCUT2D eigenvalue weighted by atomic mass is 19.4. The molecule has 5 heteroatoms. The monoisotopic (exact) mass is 164 g/mol. The van der Waals surface area contributed by atoms with Crippen LogP contribution in [0.1, 0.15) is 6.92 Å². The summed E-state index contributed by atoms with van der Waals surface area (Å²) in [4.78, 5) is 6.93. The molecule has 0 spiro atoms. The Morgan fingerprint density at radius 3 is 2.55 bits per heavy atom. The molecule has 2 nitrogen and oxygen atoms in total. The van der Waals surface area contributed by atoms with Gasteiger partial charge in [-0.1, -0.05) is 0 Å².